The van der Waals surface area contributed by atoms with Crippen molar-refractivity contribution >= 4 is 17.3 Å². The summed E-state index contributed by atoms with van der Waals surface area (Å²) in [6.45, 7) is 1.25. The smallest absolute Gasteiger partial charge is 0.243 e. The van der Waals surface area contributed by atoms with Crippen LogP contribution in [0.3, 0.4) is 0 Å². The number of rotatable bonds is 11. The fourth-order valence-corrected chi connectivity index (χ4v) is 3.39. The molecule has 5 heteroatoms. The molecule has 4 rings (SSSR count). The van der Waals surface area contributed by atoms with E-state index in [4.69, 9.17) is 9.47 Å². The molecule has 0 aromatic heterocycles. The van der Waals surface area contributed by atoms with Gasteiger partial charge in [-0.3, -0.25) is 4.79 Å². The number of hydrogen-bond donors (Lipinski definition) is 2. The molecule has 2 N–H and O–H groups in total. The van der Waals surface area contributed by atoms with Gasteiger partial charge in [0.05, 0.1) is 13.2 Å². The highest BCUT2D eigenvalue weighted by molar-refractivity contribution is 5.93. The van der Waals surface area contributed by atoms with Crippen LogP contribution in [0.1, 0.15) is 11.1 Å². The molecule has 0 saturated carbocycles. The molecule has 0 aliphatic carbocycles. The summed E-state index contributed by atoms with van der Waals surface area (Å²) in [4.78, 5) is 12.4. The van der Waals surface area contributed by atoms with Crippen LogP contribution in [0.4, 0.5) is 11.4 Å². The topological polar surface area (TPSA) is 59.6 Å². The van der Waals surface area contributed by atoms with Crippen molar-refractivity contribution < 1.29 is 14.3 Å². The summed E-state index contributed by atoms with van der Waals surface area (Å²) in [6.07, 6.45) is 0.831. The minimum atomic E-state index is -0.133. The Morgan fingerprint density at radius 2 is 1.35 bits per heavy atom. The molecule has 0 aliphatic rings. The van der Waals surface area contributed by atoms with Crippen molar-refractivity contribution in [3.8, 4) is 11.5 Å². The van der Waals surface area contributed by atoms with Crippen LogP contribution in [0, 0.1) is 0 Å². The highest BCUT2D eigenvalue weighted by atomic mass is 16.5. The lowest BCUT2D eigenvalue weighted by atomic mass is 10.2. The van der Waals surface area contributed by atoms with E-state index in [1.165, 1.54) is 5.56 Å². The van der Waals surface area contributed by atoms with Gasteiger partial charge < -0.3 is 20.1 Å². The molecule has 4 aromatic carbocycles. The highest BCUT2D eigenvalue weighted by Crippen LogP contribution is 2.19. The molecular weight excluding hydrogens is 424 g/mol. The van der Waals surface area contributed by atoms with Crippen molar-refractivity contribution in [2.45, 2.75) is 13.0 Å². The molecule has 0 saturated heterocycles. The number of hydrogen-bond acceptors (Lipinski definition) is 4. The van der Waals surface area contributed by atoms with E-state index in [0.717, 1.165) is 29.2 Å². The Hall–Kier alpha value is -4.25. The van der Waals surface area contributed by atoms with Gasteiger partial charge in [0.2, 0.25) is 5.91 Å². The van der Waals surface area contributed by atoms with Gasteiger partial charge in [-0.05, 0) is 47.5 Å². The molecule has 0 aliphatic heterocycles. The van der Waals surface area contributed by atoms with Crippen LogP contribution in [-0.4, -0.2) is 19.1 Å². The first-order valence-electron chi connectivity index (χ1n) is 11.3. The summed E-state index contributed by atoms with van der Waals surface area (Å²) in [5.74, 6) is 1.38. The lowest BCUT2D eigenvalue weighted by Gasteiger charge is -2.11. The third-order valence-corrected chi connectivity index (χ3v) is 5.18. The molecule has 34 heavy (non-hydrogen) atoms. The first-order chi connectivity index (χ1) is 16.7. The van der Waals surface area contributed by atoms with Crippen molar-refractivity contribution in [1.29, 1.82) is 0 Å². The van der Waals surface area contributed by atoms with Gasteiger partial charge in [0, 0.05) is 23.9 Å². The molecule has 0 bridgehead atoms. The fourth-order valence-electron chi connectivity index (χ4n) is 3.39. The van der Waals surface area contributed by atoms with Crippen molar-refractivity contribution in [2.75, 3.05) is 23.8 Å². The molecule has 0 heterocycles. The molecule has 0 spiro atoms. The number of nitrogens with one attached hydrogen (secondary N) is 2. The maximum absolute atomic E-state index is 12.4. The van der Waals surface area contributed by atoms with Gasteiger partial charge >= 0.3 is 0 Å². The maximum atomic E-state index is 12.4. The van der Waals surface area contributed by atoms with Gasteiger partial charge in [0.25, 0.3) is 0 Å². The summed E-state index contributed by atoms with van der Waals surface area (Å²) < 4.78 is 11.6. The quantitative estimate of drug-likeness (QED) is 0.296. The van der Waals surface area contributed by atoms with Gasteiger partial charge in [-0.15, -0.1) is 0 Å². The summed E-state index contributed by atoms with van der Waals surface area (Å²) in [7, 11) is 0. The fraction of sp³-hybridized carbons (Fsp3) is 0.138. The molecule has 0 unspecified atom stereocenters. The normalized spacial score (nSPS) is 10.4. The van der Waals surface area contributed by atoms with E-state index in [0.29, 0.717) is 18.9 Å². The molecule has 4 aromatic rings. The zero-order chi connectivity index (χ0) is 23.4. The molecule has 0 radical (unpaired) electrons. The standard InChI is InChI=1S/C29H28N2O3/c32-29(21-30-25-14-16-27(17-15-25)34-22-24-10-5-2-6-11-24)31-26-12-7-13-28(20-26)33-19-18-23-8-3-1-4-9-23/h1-17,20,30H,18-19,21-22H2,(H,31,32). The van der Waals surface area contributed by atoms with Crippen molar-refractivity contribution in [1.82, 2.24) is 0 Å². The van der Waals surface area contributed by atoms with E-state index in [9.17, 15) is 4.79 Å². The molecule has 5 nitrogen and oxygen atoms in total. The largest absolute Gasteiger partial charge is 0.493 e. The van der Waals surface area contributed by atoms with Gasteiger partial charge in [-0.25, -0.2) is 0 Å². The van der Waals surface area contributed by atoms with E-state index < -0.39 is 0 Å². The lowest BCUT2D eigenvalue weighted by molar-refractivity contribution is -0.114. The third-order valence-electron chi connectivity index (χ3n) is 5.18. The Bertz CT molecular complexity index is 1160. The Morgan fingerprint density at radius 3 is 2.09 bits per heavy atom. The average molecular weight is 453 g/mol. The van der Waals surface area contributed by atoms with Gasteiger partial charge in [-0.2, -0.15) is 0 Å². The molecule has 172 valence electrons. The first-order valence-corrected chi connectivity index (χ1v) is 11.3. The number of benzene rings is 4. The van der Waals surface area contributed by atoms with E-state index in [1.807, 2.05) is 97.1 Å². The predicted molar refractivity (Wildman–Crippen MR) is 136 cm³/mol. The summed E-state index contributed by atoms with van der Waals surface area (Å²) in [6, 6.07) is 35.2. The number of carbonyl (C=O) groups is 1. The first kappa shape index (κ1) is 22.9. The zero-order valence-corrected chi connectivity index (χ0v) is 18.9. The van der Waals surface area contributed by atoms with Crippen LogP contribution in [0.5, 0.6) is 11.5 Å². The van der Waals surface area contributed by atoms with Gasteiger partial charge in [0.15, 0.2) is 0 Å². The van der Waals surface area contributed by atoms with Crippen molar-refractivity contribution in [3.63, 3.8) is 0 Å². The minimum absolute atomic E-state index is 0.133. The second kappa shape index (κ2) is 12.1. The number of carbonyl (C=O) groups excluding carboxylic acids is 1. The van der Waals surface area contributed by atoms with E-state index in [-0.39, 0.29) is 12.5 Å². The number of amides is 1. The summed E-state index contributed by atoms with van der Waals surface area (Å²) in [5.41, 5.74) is 3.90. The second-order valence-electron chi connectivity index (χ2n) is 7.81. The van der Waals surface area contributed by atoms with Gasteiger partial charge in [0.1, 0.15) is 18.1 Å². The van der Waals surface area contributed by atoms with Crippen LogP contribution in [0.15, 0.2) is 109 Å². The minimum Gasteiger partial charge on any atom is -0.493 e. The molecule has 0 fully saturated rings. The average Bonchev–Trinajstić information content (AvgIpc) is 2.88. The Labute approximate surface area is 200 Å². The Balaban J connectivity index is 1.19. The van der Waals surface area contributed by atoms with Crippen LogP contribution >= 0.6 is 0 Å². The Kier molecular flexibility index (Phi) is 8.17. The number of anilines is 2. The molecule has 1 amide bonds. The van der Waals surface area contributed by atoms with Crippen LogP contribution in [0.2, 0.25) is 0 Å². The van der Waals surface area contributed by atoms with E-state index >= 15 is 0 Å². The SMILES string of the molecule is O=C(CNc1ccc(OCc2ccccc2)cc1)Nc1cccc(OCCc2ccccc2)c1. The lowest BCUT2D eigenvalue weighted by Crippen LogP contribution is -2.21. The summed E-state index contributed by atoms with van der Waals surface area (Å²) >= 11 is 0. The molecule has 0 atom stereocenters. The van der Waals surface area contributed by atoms with Crippen LogP contribution in [-0.2, 0) is 17.8 Å². The Morgan fingerprint density at radius 1 is 0.647 bits per heavy atom. The van der Waals surface area contributed by atoms with Crippen molar-refractivity contribution in [3.05, 3.63) is 120 Å². The second-order valence-corrected chi connectivity index (χ2v) is 7.81. The predicted octanol–water partition coefficient (Wildman–Crippen LogP) is 5.94. The highest BCUT2D eigenvalue weighted by Gasteiger charge is 2.05. The van der Waals surface area contributed by atoms with Crippen LogP contribution in [0.25, 0.3) is 0 Å². The van der Waals surface area contributed by atoms with E-state index in [1.54, 1.807) is 0 Å². The van der Waals surface area contributed by atoms with Gasteiger partial charge in [-0.1, -0.05) is 66.7 Å². The maximum Gasteiger partial charge on any atom is 0.243 e. The number of ether oxygens (including phenoxy) is 2. The molecular formula is C29H28N2O3. The summed E-state index contributed by atoms with van der Waals surface area (Å²) in [5, 5.41) is 6.04. The monoisotopic (exact) mass is 452 g/mol. The zero-order valence-electron chi connectivity index (χ0n) is 18.9. The van der Waals surface area contributed by atoms with Crippen molar-refractivity contribution in [2.24, 2.45) is 0 Å². The van der Waals surface area contributed by atoms with Crippen LogP contribution < -0.4 is 20.1 Å². The van der Waals surface area contributed by atoms with E-state index in [2.05, 4.69) is 22.8 Å². The third kappa shape index (κ3) is 7.41.